The second-order valence-electron chi connectivity index (χ2n) is 6.55. The summed E-state index contributed by atoms with van der Waals surface area (Å²) in [6.07, 6.45) is 0.846. The Bertz CT molecular complexity index is 965. The third kappa shape index (κ3) is 6.74. The number of halogens is 1. The first-order chi connectivity index (χ1) is 14.0. The number of rotatable bonds is 6. The van der Waals surface area contributed by atoms with Crippen LogP contribution in [0.25, 0.3) is 0 Å². The van der Waals surface area contributed by atoms with Gasteiger partial charge in [0.1, 0.15) is 0 Å². The van der Waals surface area contributed by atoms with Crippen molar-refractivity contribution in [1.82, 2.24) is 10.0 Å². The molecule has 0 fully saturated rings. The molecule has 0 bridgehead atoms. The van der Waals surface area contributed by atoms with Gasteiger partial charge in [0, 0.05) is 38.3 Å². The van der Waals surface area contributed by atoms with Crippen molar-refractivity contribution < 1.29 is 17.9 Å². The lowest BCUT2D eigenvalue weighted by atomic mass is 10.2. The van der Waals surface area contributed by atoms with Crippen molar-refractivity contribution in [3.05, 3.63) is 48.0 Å². The molecule has 2 aromatic rings. The summed E-state index contributed by atoms with van der Waals surface area (Å²) in [5.41, 5.74) is 1.80. The number of ether oxygens (including phenoxy) is 2. The van der Waals surface area contributed by atoms with Crippen LogP contribution < -0.4 is 24.8 Å². The molecule has 0 saturated carbocycles. The molecule has 3 N–H and O–H groups in total. The fourth-order valence-electron chi connectivity index (χ4n) is 2.72. The van der Waals surface area contributed by atoms with E-state index >= 15 is 0 Å². The Balaban J connectivity index is 0.00000320. The fraction of sp³-hybridized carbons (Fsp3) is 0.350. The van der Waals surface area contributed by atoms with Crippen molar-refractivity contribution >= 4 is 45.6 Å². The monoisotopic (exact) mass is 546 g/mol. The first-order valence-corrected chi connectivity index (χ1v) is 10.9. The van der Waals surface area contributed by atoms with Crippen molar-refractivity contribution in [2.45, 2.75) is 18.2 Å². The highest BCUT2D eigenvalue weighted by molar-refractivity contribution is 14.0. The molecule has 3 rings (SSSR count). The van der Waals surface area contributed by atoms with Crippen LogP contribution in [0.3, 0.4) is 0 Å². The smallest absolute Gasteiger partial charge is 0.240 e. The number of aliphatic imine (C=N–C) groups is 1. The quantitative estimate of drug-likeness (QED) is 0.223. The average Bonchev–Trinajstić information content (AvgIpc) is 2.95. The first kappa shape index (κ1) is 24.2. The van der Waals surface area contributed by atoms with Crippen LogP contribution in [0, 0.1) is 6.92 Å². The van der Waals surface area contributed by atoms with Gasteiger partial charge in [-0.2, -0.15) is 0 Å². The Kier molecular flexibility index (Phi) is 9.18. The van der Waals surface area contributed by atoms with Gasteiger partial charge in [-0.25, -0.2) is 13.1 Å². The summed E-state index contributed by atoms with van der Waals surface area (Å²) in [6, 6.07) is 12.3. The topological polar surface area (TPSA) is 101 Å². The highest BCUT2D eigenvalue weighted by Gasteiger charge is 2.13. The molecular formula is C20H27IN4O4S. The molecule has 10 heteroatoms. The molecule has 0 saturated heterocycles. The molecule has 0 amide bonds. The van der Waals surface area contributed by atoms with Gasteiger partial charge < -0.3 is 20.1 Å². The lowest BCUT2D eigenvalue weighted by molar-refractivity contribution is 0.297. The van der Waals surface area contributed by atoms with Crippen LogP contribution in [-0.4, -0.2) is 47.7 Å². The summed E-state index contributed by atoms with van der Waals surface area (Å²) in [5.74, 6) is 1.93. The standard InChI is InChI=1S/C20H26N4O4S.HI/c1-15-4-7-17(8-5-15)29(25,26)23-11-10-22-20(21-2)24-16-6-9-18-19(14-16)28-13-3-12-27-18;/h4-9,14,23H,3,10-13H2,1-2H3,(H2,21,22,24);1H. The normalized spacial score (nSPS) is 13.7. The molecule has 0 spiro atoms. The molecule has 0 aliphatic carbocycles. The van der Waals surface area contributed by atoms with Crippen LogP contribution in [0.5, 0.6) is 11.5 Å². The van der Waals surface area contributed by atoms with E-state index in [0.717, 1.165) is 23.4 Å². The first-order valence-electron chi connectivity index (χ1n) is 9.41. The summed E-state index contributed by atoms with van der Waals surface area (Å²) >= 11 is 0. The Morgan fingerprint density at radius 1 is 1.03 bits per heavy atom. The number of benzene rings is 2. The fourth-order valence-corrected chi connectivity index (χ4v) is 3.76. The van der Waals surface area contributed by atoms with E-state index in [-0.39, 0.29) is 35.4 Å². The lowest BCUT2D eigenvalue weighted by Gasteiger charge is -2.14. The van der Waals surface area contributed by atoms with Gasteiger partial charge in [-0.3, -0.25) is 4.99 Å². The van der Waals surface area contributed by atoms with Gasteiger partial charge in [0.2, 0.25) is 10.0 Å². The van der Waals surface area contributed by atoms with Gasteiger partial charge in [-0.15, -0.1) is 24.0 Å². The predicted octanol–water partition coefficient (Wildman–Crippen LogP) is 2.74. The minimum Gasteiger partial charge on any atom is -0.490 e. The average molecular weight is 546 g/mol. The third-order valence-electron chi connectivity index (χ3n) is 4.27. The number of fused-ring (bicyclic) bond motifs is 1. The SMILES string of the molecule is CN=C(NCCNS(=O)(=O)c1ccc(C)cc1)Nc1ccc2c(c1)OCCCO2.I. The Morgan fingerprint density at radius 2 is 1.73 bits per heavy atom. The maximum Gasteiger partial charge on any atom is 0.240 e. The molecule has 0 radical (unpaired) electrons. The van der Waals surface area contributed by atoms with Crippen LogP contribution in [0.4, 0.5) is 5.69 Å². The van der Waals surface area contributed by atoms with Gasteiger partial charge in [-0.05, 0) is 31.2 Å². The second kappa shape index (κ2) is 11.4. The van der Waals surface area contributed by atoms with Crippen molar-refractivity contribution in [3.63, 3.8) is 0 Å². The molecule has 0 atom stereocenters. The number of aryl methyl sites for hydroxylation is 1. The molecule has 2 aromatic carbocycles. The number of hydrogen-bond donors (Lipinski definition) is 3. The van der Waals surface area contributed by atoms with Crippen LogP contribution in [0.2, 0.25) is 0 Å². The number of guanidine groups is 1. The summed E-state index contributed by atoms with van der Waals surface area (Å²) < 4.78 is 38.5. The van der Waals surface area contributed by atoms with E-state index in [1.54, 1.807) is 31.3 Å². The Morgan fingerprint density at radius 3 is 2.43 bits per heavy atom. The zero-order valence-corrected chi connectivity index (χ0v) is 20.1. The van der Waals surface area contributed by atoms with E-state index in [9.17, 15) is 8.42 Å². The molecule has 164 valence electrons. The summed E-state index contributed by atoms with van der Waals surface area (Å²) in [7, 11) is -1.89. The number of sulfonamides is 1. The Labute approximate surface area is 194 Å². The van der Waals surface area contributed by atoms with Crippen LogP contribution in [0.1, 0.15) is 12.0 Å². The number of nitrogens with zero attached hydrogens (tertiary/aromatic N) is 1. The zero-order chi connectivity index (χ0) is 20.7. The molecule has 1 aliphatic rings. The molecule has 1 aliphatic heterocycles. The molecule has 0 unspecified atom stereocenters. The lowest BCUT2D eigenvalue weighted by Crippen LogP contribution is -2.37. The van der Waals surface area contributed by atoms with E-state index in [4.69, 9.17) is 9.47 Å². The minimum absolute atomic E-state index is 0. The molecule has 30 heavy (non-hydrogen) atoms. The summed E-state index contributed by atoms with van der Waals surface area (Å²) in [4.78, 5) is 4.41. The zero-order valence-electron chi connectivity index (χ0n) is 17.0. The second-order valence-corrected chi connectivity index (χ2v) is 8.31. The summed E-state index contributed by atoms with van der Waals surface area (Å²) in [6.45, 7) is 3.76. The maximum atomic E-state index is 12.3. The van der Waals surface area contributed by atoms with Gasteiger partial charge in [0.15, 0.2) is 17.5 Å². The highest BCUT2D eigenvalue weighted by atomic mass is 127. The van der Waals surface area contributed by atoms with Crippen LogP contribution in [0.15, 0.2) is 52.4 Å². The largest absolute Gasteiger partial charge is 0.490 e. The van der Waals surface area contributed by atoms with Crippen LogP contribution in [-0.2, 0) is 10.0 Å². The van der Waals surface area contributed by atoms with E-state index in [1.165, 1.54) is 0 Å². The number of nitrogens with one attached hydrogen (secondary N) is 3. The molecule has 0 aromatic heterocycles. The predicted molar refractivity (Wildman–Crippen MR) is 129 cm³/mol. The molecule has 1 heterocycles. The van der Waals surface area contributed by atoms with Crippen molar-refractivity contribution in [2.24, 2.45) is 4.99 Å². The Hall–Kier alpha value is -2.05. The van der Waals surface area contributed by atoms with Gasteiger partial charge in [-0.1, -0.05) is 17.7 Å². The van der Waals surface area contributed by atoms with E-state index in [1.807, 2.05) is 25.1 Å². The highest BCUT2D eigenvalue weighted by Crippen LogP contribution is 2.32. The number of hydrogen-bond acceptors (Lipinski definition) is 5. The minimum atomic E-state index is -3.54. The van der Waals surface area contributed by atoms with Crippen molar-refractivity contribution in [3.8, 4) is 11.5 Å². The molecule has 8 nitrogen and oxygen atoms in total. The van der Waals surface area contributed by atoms with E-state index in [0.29, 0.717) is 31.5 Å². The maximum absolute atomic E-state index is 12.3. The van der Waals surface area contributed by atoms with Gasteiger partial charge >= 0.3 is 0 Å². The van der Waals surface area contributed by atoms with Crippen molar-refractivity contribution in [2.75, 3.05) is 38.7 Å². The van der Waals surface area contributed by atoms with Gasteiger partial charge in [0.05, 0.1) is 18.1 Å². The van der Waals surface area contributed by atoms with Crippen LogP contribution >= 0.6 is 24.0 Å². The van der Waals surface area contributed by atoms with Gasteiger partial charge in [0.25, 0.3) is 0 Å². The summed E-state index contributed by atoms with van der Waals surface area (Å²) in [5, 5.41) is 6.24. The number of anilines is 1. The third-order valence-corrected chi connectivity index (χ3v) is 5.75. The van der Waals surface area contributed by atoms with Crippen molar-refractivity contribution in [1.29, 1.82) is 0 Å². The van der Waals surface area contributed by atoms with E-state index in [2.05, 4.69) is 20.3 Å². The van der Waals surface area contributed by atoms with E-state index < -0.39 is 10.0 Å². The molecular weight excluding hydrogens is 519 g/mol.